The van der Waals surface area contributed by atoms with Gasteiger partial charge in [-0.25, -0.2) is 4.39 Å². The smallest absolute Gasteiger partial charge is 0.246 e. The number of morpholine rings is 1. The van der Waals surface area contributed by atoms with E-state index < -0.39 is 0 Å². The summed E-state index contributed by atoms with van der Waals surface area (Å²) in [6.07, 6.45) is 4.98. The van der Waals surface area contributed by atoms with Gasteiger partial charge in [-0.1, -0.05) is 0 Å². The van der Waals surface area contributed by atoms with Gasteiger partial charge < -0.3 is 19.3 Å². The van der Waals surface area contributed by atoms with Gasteiger partial charge in [-0.2, -0.15) is 0 Å². The number of ether oxygens (including phenoxy) is 2. The Kier molecular flexibility index (Phi) is 6.85. The Morgan fingerprint density at radius 3 is 2.56 bits per heavy atom. The van der Waals surface area contributed by atoms with Crippen molar-refractivity contribution >= 4 is 12.0 Å². The zero-order valence-corrected chi connectivity index (χ0v) is 16.2. The lowest BCUT2D eigenvalue weighted by Crippen LogP contribution is -2.41. The molecule has 0 N–H and O–H groups in total. The van der Waals surface area contributed by atoms with Crippen LogP contribution in [0.4, 0.5) is 4.39 Å². The fourth-order valence-corrected chi connectivity index (χ4v) is 3.47. The number of hydrogen-bond donors (Lipinski definition) is 0. The number of amides is 1. The molecule has 2 saturated heterocycles. The van der Waals surface area contributed by atoms with Crippen molar-refractivity contribution in [2.45, 2.75) is 38.8 Å². The molecule has 0 saturated carbocycles. The molecule has 0 unspecified atom stereocenters. The van der Waals surface area contributed by atoms with Gasteiger partial charge in [0, 0.05) is 49.9 Å². The molecule has 0 aliphatic carbocycles. The number of carbonyl (C=O) groups is 1. The molecule has 2 heterocycles. The number of halogens is 1. The molecule has 6 heteroatoms. The van der Waals surface area contributed by atoms with Crippen molar-refractivity contribution in [3.8, 4) is 5.75 Å². The number of nitrogens with zero attached hydrogens (tertiary/aromatic N) is 2. The molecule has 27 heavy (non-hydrogen) atoms. The van der Waals surface area contributed by atoms with Gasteiger partial charge in [0.2, 0.25) is 5.91 Å². The molecule has 1 aromatic rings. The van der Waals surface area contributed by atoms with E-state index in [0.717, 1.165) is 25.9 Å². The minimum Gasteiger partial charge on any atom is -0.490 e. The highest BCUT2D eigenvalue weighted by Crippen LogP contribution is 2.23. The van der Waals surface area contributed by atoms with Gasteiger partial charge in [-0.05, 0) is 44.9 Å². The molecule has 1 aromatic carbocycles. The summed E-state index contributed by atoms with van der Waals surface area (Å²) in [7, 11) is 0. The van der Waals surface area contributed by atoms with Crippen LogP contribution in [0.15, 0.2) is 24.3 Å². The maximum Gasteiger partial charge on any atom is 0.246 e. The summed E-state index contributed by atoms with van der Waals surface area (Å²) >= 11 is 0. The Labute approximate surface area is 160 Å². The third-order valence-electron chi connectivity index (χ3n) is 5.21. The van der Waals surface area contributed by atoms with Crippen LogP contribution >= 0.6 is 0 Å². The topological polar surface area (TPSA) is 42.0 Å². The molecule has 3 rings (SSSR count). The van der Waals surface area contributed by atoms with Crippen molar-refractivity contribution in [2.75, 3.05) is 39.4 Å². The van der Waals surface area contributed by atoms with Crippen molar-refractivity contribution in [3.63, 3.8) is 0 Å². The molecule has 0 bridgehead atoms. The fraction of sp³-hybridized carbons (Fsp3) is 0.571. The third-order valence-corrected chi connectivity index (χ3v) is 5.21. The first-order valence-corrected chi connectivity index (χ1v) is 9.78. The quantitative estimate of drug-likeness (QED) is 0.741. The lowest BCUT2D eigenvalue weighted by Gasteiger charge is -2.34. The predicted molar refractivity (Wildman–Crippen MR) is 103 cm³/mol. The van der Waals surface area contributed by atoms with Gasteiger partial charge in [-0.3, -0.25) is 4.79 Å². The normalized spacial score (nSPS) is 19.8. The Morgan fingerprint density at radius 2 is 1.93 bits per heavy atom. The zero-order valence-electron chi connectivity index (χ0n) is 16.2. The largest absolute Gasteiger partial charge is 0.490 e. The Bertz CT molecular complexity index is 663. The number of rotatable bonds is 5. The summed E-state index contributed by atoms with van der Waals surface area (Å²) < 4.78 is 25.6. The molecule has 0 aromatic heterocycles. The molecule has 1 amide bonds. The Hall–Kier alpha value is -1.92. The van der Waals surface area contributed by atoms with Crippen LogP contribution < -0.4 is 4.74 Å². The highest BCUT2D eigenvalue weighted by Gasteiger charge is 2.22. The molecular weight excluding hydrogens is 347 g/mol. The van der Waals surface area contributed by atoms with E-state index >= 15 is 0 Å². The average Bonchev–Trinajstić information content (AvgIpc) is 2.68. The van der Waals surface area contributed by atoms with E-state index in [0.29, 0.717) is 43.7 Å². The molecule has 2 aliphatic rings. The molecule has 0 radical (unpaired) electrons. The summed E-state index contributed by atoms with van der Waals surface area (Å²) in [5.74, 6) is 0.0558. The van der Waals surface area contributed by atoms with Crippen LogP contribution in [0.5, 0.6) is 5.75 Å². The number of hydrogen-bond acceptors (Lipinski definition) is 4. The maximum absolute atomic E-state index is 14.4. The second-order valence-electron chi connectivity index (χ2n) is 7.40. The molecule has 2 aliphatic heterocycles. The minimum atomic E-state index is -0.377. The first-order chi connectivity index (χ1) is 13.0. The van der Waals surface area contributed by atoms with E-state index in [9.17, 15) is 9.18 Å². The van der Waals surface area contributed by atoms with Gasteiger partial charge in [0.05, 0.1) is 13.2 Å². The SMILES string of the molecule is CC(C)N1CCC(Oc2ccc(/C=C/C(=O)N3CCOCC3)c(F)c2)CC1. The lowest BCUT2D eigenvalue weighted by molar-refractivity contribution is -0.129. The highest BCUT2D eigenvalue weighted by atomic mass is 19.1. The average molecular weight is 376 g/mol. The van der Waals surface area contributed by atoms with Crippen LogP contribution in [0, 0.1) is 5.82 Å². The van der Waals surface area contributed by atoms with Crippen molar-refractivity contribution in [1.82, 2.24) is 9.80 Å². The van der Waals surface area contributed by atoms with Crippen molar-refractivity contribution in [1.29, 1.82) is 0 Å². The van der Waals surface area contributed by atoms with E-state index in [4.69, 9.17) is 9.47 Å². The van der Waals surface area contributed by atoms with E-state index in [-0.39, 0.29) is 17.8 Å². The summed E-state index contributed by atoms with van der Waals surface area (Å²) in [5, 5.41) is 0. The van der Waals surface area contributed by atoms with Gasteiger partial charge in [0.15, 0.2) is 0 Å². The summed E-state index contributed by atoms with van der Waals surface area (Å²) in [4.78, 5) is 16.3. The van der Waals surface area contributed by atoms with Crippen LogP contribution in [-0.2, 0) is 9.53 Å². The van der Waals surface area contributed by atoms with E-state index in [1.165, 1.54) is 18.2 Å². The van der Waals surface area contributed by atoms with Crippen LogP contribution in [-0.4, -0.2) is 67.2 Å². The van der Waals surface area contributed by atoms with Crippen molar-refractivity contribution < 1.29 is 18.7 Å². The zero-order chi connectivity index (χ0) is 19.2. The molecule has 2 fully saturated rings. The van der Waals surface area contributed by atoms with Crippen molar-refractivity contribution in [3.05, 3.63) is 35.7 Å². The lowest BCUT2D eigenvalue weighted by atomic mass is 10.1. The Morgan fingerprint density at radius 1 is 1.22 bits per heavy atom. The summed E-state index contributed by atoms with van der Waals surface area (Å²) in [6.45, 7) is 8.68. The van der Waals surface area contributed by atoms with Crippen LogP contribution in [0.1, 0.15) is 32.3 Å². The van der Waals surface area contributed by atoms with Gasteiger partial charge in [0.25, 0.3) is 0 Å². The number of likely N-dealkylation sites (tertiary alicyclic amines) is 1. The second kappa shape index (κ2) is 9.33. The first-order valence-electron chi connectivity index (χ1n) is 9.78. The molecule has 0 atom stereocenters. The number of benzene rings is 1. The minimum absolute atomic E-state index is 0.116. The van der Waals surface area contributed by atoms with Crippen LogP contribution in [0.2, 0.25) is 0 Å². The summed E-state index contributed by atoms with van der Waals surface area (Å²) in [6, 6.07) is 5.40. The molecule has 5 nitrogen and oxygen atoms in total. The van der Waals surface area contributed by atoms with Gasteiger partial charge >= 0.3 is 0 Å². The maximum atomic E-state index is 14.4. The number of piperidine rings is 1. The van der Waals surface area contributed by atoms with Crippen molar-refractivity contribution in [2.24, 2.45) is 0 Å². The first kappa shape index (κ1) is 19.8. The predicted octanol–water partition coefficient (Wildman–Crippen LogP) is 2.95. The standard InChI is InChI=1S/C21H29FN2O3/c1-16(2)23-9-7-18(8-10-23)27-19-5-3-17(20(22)15-19)4-6-21(25)24-11-13-26-14-12-24/h3-6,15-16,18H,7-14H2,1-2H3/b6-4+. The second-order valence-corrected chi connectivity index (χ2v) is 7.40. The highest BCUT2D eigenvalue weighted by molar-refractivity contribution is 5.91. The third kappa shape index (κ3) is 5.53. The monoisotopic (exact) mass is 376 g/mol. The van der Waals surface area contributed by atoms with E-state index in [1.54, 1.807) is 17.0 Å². The fourth-order valence-electron chi connectivity index (χ4n) is 3.47. The number of carbonyl (C=O) groups excluding carboxylic acids is 1. The van der Waals surface area contributed by atoms with E-state index in [2.05, 4.69) is 18.7 Å². The van der Waals surface area contributed by atoms with Gasteiger partial charge in [0.1, 0.15) is 17.7 Å². The molecule has 148 valence electrons. The van der Waals surface area contributed by atoms with Gasteiger partial charge in [-0.15, -0.1) is 0 Å². The van der Waals surface area contributed by atoms with E-state index in [1.807, 2.05) is 0 Å². The Balaban J connectivity index is 1.54. The van der Waals surface area contributed by atoms with Crippen LogP contribution in [0.3, 0.4) is 0 Å². The summed E-state index contributed by atoms with van der Waals surface area (Å²) in [5.41, 5.74) is 0.388. The molecular formula is C21H29FN2O3. The molecule has 0 spiro atoms. The van der Waals surface area contributed by atoms with Crippen LogP contribution in [0.25, 0.3) is 6.08 Å².